The van der Waals surface area contributed by atoms with Gasteiger partial charge in [-0.3, -0.25) is 4.79 Å². The van der Waals surface area contributed by atoms with E-state index in [1.54, 1.807) is 0 Å². The Balaban J connectivity index is 1.81. The van der Waals surface area contributed by atoms with Crippen molar-refractivity contribution in [3.8, 4) is 5.75 Å². The standard InChI is InChI=1S/C16H22O2/c1-12(2)8-4-3-5-10-14-13-9-6-7-11-15(13)18-16(14)17/h6-7,9,11-12,14H,3-5,8,10H2,1-2H3. The lowest BCUT2D eigenvalue weighted by Crippen LogP contribution is -2.10. The third kappa shape index (κ3) is 3.12. The lowest BCUT2D eigenvalue weighted by Gasteiger charge is -2.07. The van der Waals surface area contributed by atoms with Crippen LogP contribution < -0.4 is 4.74 Å². The first-order chi connectivity index (χ1) is 8.68. The van der Waals surface area contributed by atoms with Crippen molar-refractivity contribution in [3.63, 3.8) is 0 Å². The van der Waals surface area contributed by atoms with E-state index in [1.807, 2.05) is 24.3 Å². The minimum Gasteiger partial charge on any atom is -0.426 e. The van der Waals surface area contributed by atoms with Gasteiger partial charge in [-0.15, -0.1) is 0 Å². The van der Waals surface area contributed by atoms with Gasteiger partial charge in [0.1, 0.15) is 5.75 Å². The Labute approximate surface area is 109 Å². The highest BCUT2D eigenvalue weighted by molar-refractivity contribution is 5.85. The lowest BCUT2D eigenvalue weighted by molar-refractivity contribution is -0.134. The molecule has 0 aliphatic carbocycles. The van der Waals surface area contributed by atoms with Crippen LogP contribution in [0.4, 0.5) is 0 Å². The van der Waals surface area contributed by atoms with E-state index in [0.717, 1.165) is 30.1 Å². The van der Waals surface area contributed by atoms with Crippen LogP contribution in [0, 0.1) is 5.92 Å². The second-order valence-corrected chi connectivity index (χ2v) is 5.54. The van der Waals surface area contributed by atoms with Crippen molar-refractivity contribution < 1.29 is 9.53 Å². The summed E-state index contributed by atoms with van der Waals surface area (Å²) in [6.07, 6.45) is 5.80. The molecule has 2 nitrogen and oxygen atoms in total. The van der Waals surface area contributed by atoms with E-state index in [0.29, 0.717) is 0 Å². The van der Waals surface area contributed by atoms with Crippen molar-refractivity contribution in [1.82, 2.24) is 0 Å². The zero-order valence-electron chi connectivity index (χ0n) is 11.3. The lowest BCUT2D eigenvalue weighted by atomic mass is 9.94. The van der Waals surface area contributed by atoms with Crippen LogP contribution in [-0.4, -0.2) is 5.97 Å². The van der Waals surface area contributed by atoms with Crippen LogP contribution in [0.3, 0.4) is 0 Å². The molecule has 2 rings (SSSR count). The van der Waals surface area contributed by atoms with Gasteiger partial charge < -0.3 is 4.74 Å². The van der Waals surface area contributed by atoms with Crippen molar-refractivity contribution in [2.24, 2.45) is 5.92 Å². The molecule has 0 saturated heterocycles. The molecule has 0 bridgehead atoms. The predicted octanol–water partition coefficient (Wildman–Crippen LogP) is 4.30. The Bertz CT molecular complexity index is 409. The topological polar surface area (TPSA) is 26.3 Å². The Morgan fingerprint density at radius 2 is 1.94 bits per heavy atom. The number of rotatable bonds is 6. The minimum absolute atomic E-state index is 0.0275. The minimum atomic E-state index is -0.0694. The average molecular weight is 246 g/mol. The molecule has 2 heteroatoms. The molecule has 1 aliphatic rings. The second-order valence-electron chi connectivity index (χ2n) is 5.54. The fourth-order valence-corrected chi connectivity index (χ4v) is 2.52. The molecule has 1 atom stereocenters. The maximum Gasteiger partial charge on any atom is 0.318 e. The Hall–Kier alpha value is -1.31. The van der Waals surface area contributed by atoms with Crippen molar-refractivity contribution in [1.29, 1.82) is 0 Å². The molecule has 1 aromatic rings. The molecular formula is C16H22O2. The number of fused-ring (bicyclic) bond motifs is 1. The van der Waals surface area contributed by atoms with Crippen molar-refractivity contribution in [2.75, 3.05) is 0 Å². The third-order valence-electron chi connectivity index (χ3n) is 3.56. The summed E-state index contributed by atoms with van der Waals surface area (Å²) in [4.78, 5) is 11.8. The molecule has 0 spiro atoms. The Morgan fingerprint density at radius 3 is 2.72 bits per heavy atom. The summed E-state index contributed by atoms with van der Waals surface area (Å²) in [5.41, 5.74) is 1.08. The highest BCUT2D eigenvalue weighted by Gasteiger charge is 2.31. The van der Waals surface area contributed by atoms with Crippen molar-refractivity contribution in [2.45, 2.75) is 51.9 Å². The van der Waals surface area contributed by atoms with Crippen LogP contribution in [0.15, 0.2) is 24.3 Å². The fourth-order valence-electron chi connectivity index (χ4n) is 2.52. The van der Waals surface area contributed by atoms with Gasteiger partial charge in [0.25, 0.3) is 0 Å². The van der Waals surface area contributed by atoms with Gasteiger partial charge in [-0.2, -0.15) is 0 Å². The zero-order chi connectivity index (χ0) is 13.0. The summed E-state index contributed by atoms with van der Waals surface area (Å²) >= 11 is 0. The number of hydrogen-bond donors (Lipinski definition) is 0. The van der Waals surface area contributed by atoms with Gasteiger partial charge in [0.05, 0.1) is 5.92 Å². The first-order valence-corrected chi connectivity index (χ1v) is 6.99. The smallest absolute Gasteiger partial charge is 0.318 e. The summed E-state index contributed by atoms with van der Waals surface area (Å²) in [6, 6.07) is 7.79. The number of hydrogen-bond acceptors (Lipinski definition) is 2. The predicted molar refractivity (Wildman–Crippen MR) is 72.7 cm³/mol. The Morgan fingerprint density at radius 1 is 1.17 bits per heavy atom. The van der Waals surface area contributed by atoms with Crippen LogP contribution >= 0.6 is 0 Å². The molecule has 0 N–H and O–H groups in total. The van der Waals surface area contributed by atoms with Crippen LogP contribution in [0.2, 0.25) is 0 Å². The maximum absolute atomic E-state index is 11.8. The van der Waals surface area contributed by atoms with Crippen molar-refractivity contribution in [3.05, 3.63) is 29.8 Å². The van der Waals surface area contributed by atoms with Crippen LogP contribution in [0.25, 0.3) is 0 Å². The monoisotopic (exact) mass is 246 g/mol. The van der Waals surface area contributed by atoms with Gasteiger partial charge in [0.2, 0.25) is 0 Å². The van der Waals surface area contributed by atoms with E-state index < -0.39 is 0 Å². The number of esters is 1. The van der Waals surface area contributed by atoms with Gasteiger partial charge >= 0.3 is 5.97 Å². The summed E-state index contributed by atoms with van der Waals surface area (Å²) in [7, 11) is 0. The summed E-state index contributed by atoms with van der Waals surface area (Å²) in [5.74, 6) is 1.44. The van der Waals surface area contributed by atoms with E-state index in [1.165, 1.54) is 19.3 Å². The summed E-state index contributed by atoms with van der Waals surface area (Å²) < 4.78 is 5.28. The molecule has 0 amide bonds. The van der Waals surface area contributed by atoms with Crippen LogP contribution in [0.1, 0.15) is 57.4 Å². The molecule has 1 aliphatic heterocycles. The molecule has 98 valence electrons. The molecule has 1 aromatic carbocycles. The number of para-hydroxylation sites is 1. The first kappa shape index (κ1) is 13.1. The number of ether oxygens (including phenoxy) is 1. The number of unbranched alkanes of at least 4 members (excludes halogenated alkanes) is 2. The molecule has 0 aromatic heterocycles. The summed E-state index contributed by atoms with van der Waals surface area (Å²) in [6.45, 7) is 4.51. The van der Waals surface area contributed by atoms with Crippen LogP contribution in [0.5, 0.6) is 5.75 Å². The quantitative estimate of drug-likeness (QED) is 0.425. The molecule has 0 radical (unpaired) electrons. The van der Waals surface area contributed by atoms with Crippen molar-refractivity contribution >= 4 is 5.97 Å². The number of benzene rings is 1. The SMILES string of the molecule is CC(C)CCCCCC1C(=O)Oc2ccccc21. The van der Waals surface area contributed by atoms with Gasteiger partial charge in [-0.25, -0.2) is 0 Å². The van der Waals surface area contributed by atoms with Gasteiger partial charge in [0, 0.05) is 5.56 Å². The van der Waals surface area contributed by atoms with E-state index in [9.17, 15) is 4.79 Å². The normalized spacial score (nSPS) is 17.9. The second kappa shape index (κ2) is 6.03. The number of carbonyl (C=O) groups excluding carboxylic acids is 1. The van der Waals surface area contributed by atoms with Gasteiger partial charge in [0.15, 0.2) is 0 Å². The van der Waals surface area contributed by atoms with Gasteiger partial charge in [-0.1, -0.05) is 57.7 Å². The van der Waals surface area contributed by atoms with E-state index in [2.05, 4.69) is 13.8 Å². The largest absolute Gasteiger partial charge is 0.426 e. The summed E-state index contributed by atoms with van der Waals surface area (Å²) in [5, 5.41) is 0. The molecule has 1 unspecified atom stereocenters. The zero-order valence-corrected chi connectivity index (χ0v) is 11.3. The highest BCUT2D eigenvalue weighted by atomic mass is 16.5. The van der Waals surface area contributed by atoms with Crippen LogP contribution in [-0.2, 0) is 4.79 Å². The average Bonchev–Trinajstić information content (AvgIpc) is 2.65. The highest BCUT2D eigenvalue weighted by Crippen LogP contribution is 2.37. The van der Waals surface area contributed by atoms with E-state index in [-0.39, 0.29) is 11.9 Å². The molecule has 0 fully saturated rings. The molecule has 0 saturated carbocycles. The van der Waals surface area contributed by atoms with E-state index in [4.69, 9.17) is 4.74 Å². The van der Waals surface area contributed by atoms with E-state index >= 15 is 0 Å². The molecular weight excluding hydrogens is 224 g/mol. The first-order valence-electron chi connectivity index (χ1n) is 6.99. The van der Waals surface area contributed by atoms with Gasteiger partial charge in [-0.05, 0) is 18.4 Å². The third-order valence-corrected chi connectivity index (χ3v) is 3.56. The maximum atomic E-state index is 11.8. The molecule has 18 heavy (non-hydrogen) atoms. The Kier molecular flexibility index (Phi) is 4.40. The number of carbonyl (C=O) groups is 1. The molecule has 1 heterocycles. The fraction of sp³-hybridized carbons (Fsp3) is 0.562.